The van der Waals surface area contributed by atoms with Crippen LogP contribution in [0.2, 0.25) is 0 Å². The van der Waals surface area contributed by atoms with Gasteiger partial charge in [0.1, 0.15) is 12.4 Å². The second kappa shape index (κ2) is 4.74. The molecule has 4 nitrogen and oxygen atoms in total. The van der Waals surface area contributed by atoms with Gasteiger partial charge < -0.3 is 9.80 Å². The summed E-state index contributed by atoms with van der Waals surface area (Å²) < 4.78 is 13.5. The average Bonchev–Trinajstić information content (AvgIpc) is 2.46. The first-order valence-electron chi connectivity index (χ1n) is 6.59. The number of halogens is 1. The van der Waals surface area contributed by atoms with Crippen molar-refractivity contribution in [3.8, 4) is 0 Å². The number of nitrogens with zero attached hydrogens (tertiary/aromatic N) is 2. The standard InChI is InChI=1S/C15H15FN2O2/c1-2-14(19)17-8-13-12-7-11(16)4-3-10(12)5-6-18(13)15(20)9-17/h2-4,7,13H,1,5-6,8-9H2. The summed E-state index contributed by atoms with van der Waals surface area (Å²) in [6.07, 6.45) is 1.94. The maximum atomic E-state index is 13.5. The van der Waals surface area contributed by atoms with Crippen LogP contribution in [0.5, 0.6) is 0 Å². The molecule has 2 heterocycles. The zero-order chi connectivity index (χ0) is 14.3. The number of benzene rings is 1. The number of hydrogen-bond acceptors (Lipinski definition) is 2. The van der Waals surface area contributed by atoms with E-state index in [-0.39, 0.29) is 30.2 Å². The molecule has 1 aromatic rings. The number of carbonyl (C=O) groups is 2. The molecule has 1 saturated heterocycles. The number of carbonyl (C=O) groups excluding carboxylic acids is 2. The van der Waals surface area contributed by atoms with E-state index in [9.17, 15) is 14.0 Å². The molecule has 0 radical (unpaired) electrons. The predicted molar refractivity (Wildman–Crippen MR) is 71.3 cm³/mol. The van der Waals surface area contributed by atoms with Crippen LogP contribution in [0.1, 0.15) is 17.2 Å². The smallest absolute Gasteiger partial charge is 0.246 e. The van der Waals surface area contributed by atoms with Crippen molar-refractivity contribution >= 4 is 11.8 Å². The van der Waals surface area contributed by atoms with Crippen molar-refractivity contribution in [3.05, 3.63) is 47.8 Å². The highest BCUT2D eigenvalue weighted by Gasteiger charge is 2.38. The molecule has 104 valence electrons. The molecule has 3 rings (SSSR count). The van der Waals surface area contributed by atoms with Crippen molar-refractivity contribution in [1.82, 2.24) is 9.80 Å². The first-order valence-corrected chi connectivity index (χ1v) is 6.59. The minimum atomic E-state index is -0.315. The van der Waals surface area contributed by atoms with E-state index in [1.807, 2.05) is 0 Å². The summed E-state index contributed by atoms with van der Waals surface area (Å²) in [6, 6.07) is 4.42. The van der Waals surface area contributed by atoms with Crippen LogP contribution in [0.3, 0.4) is 0 Å². The van der Waals surface area contributed by atoms with Gasteiger partial charge in [-0.15, -0.1) is 0 Å². The Bertz CT molecular complexity index is 600. The molecule has 2 aliphatic rings. The maximum Gasteiger partial charge on any atom is 0.246 e. The van der Waals surface area contributed by atoms with Crippen LogP contribution >= 0.6 is 0 Å². The third-order valence-electron chi connectivity index (χ3n) is 3.99. The molecule has 0 N–H and O–H groups in total. The number of fused-ring (bicyclic) bond motifs is 3. The SMILES string of the molecule is C=CC(=O)N1CC(=O)N2CCc3ccc(F)cc3C2C1. The Morgan fingerprint density at radius 2 is 2.25 bits per heavy atom. The second-order valence-corrected chi connectivity index (χ2v) is 5.12. The van der Waals surface area contributed by atoms with Gasteiger partial charge in [0.25, 0.3) is 0 Å². The molecule has 2 amide bonds. The number of amides is 2. The first kappa shape index (κ1) is 12.8. The van der Waals surface area contributed by atoms with Crippen molar-refractivity contribution in [2.24, 2.45) is 0 Å². The van der Waals surface area contributed by atoms with Crippen LogP contribution in [0.4, 0.5) is 4.39 Å². The van der Waals surface area contributed by atoms with Gasteiger partial charge in [-0.2, -0.15) is 0 Å². The van der Waals surface area contributed by atoms with Crippen LogP contribution in [-0.2, 0) is 16.0 Å². The Hall–Kier alpha value is -2.17. The molecular formula is C15H15FN2O2. The topological polar surface area (TPSA) is 40.6 Å². The predicted octanol–water partition coefficient (Wildman–Crippen LogP) is 1.28. The van der Waals surface area contributed by atoms with Crippen LogP contribution in [0.25, 0.3) is 0 Å². The van der Waals surface area contributed by atoms with Gasteiger partial charge in [-0.3, -0.25) is 9.59 Å². The van der Waals surface area contributed by atoms with E-state index >= 15 is 0 Å². The van der Waals surface area contributed by atoms with Gasteiger partial charge >= 0.3 is 0 Å². The van der Waals surface area contributed by atoms with E-state index < -0.39 is 0 Å². The normalized spacial score (nSPS) is 21.2. The van der Waals surface area contributed by atoms with E-state index in [1.165, 1.54) is 23.1 Å². The van der Waals surface area contributed by atoms with Crippen molar-refractivity contribution in [3.63, 3.8) is 0 Å². The summed E-state index contributed by atoms with van der Waals surface area (Å²) in [5.41, 5.74) is 1.86. The van der Waals surface area contributed by atoms with Crippen LogP contribution < -0.4 is 0 Å². The lowest BCUT2D eigenvalue weighted by molar-refractivity contribution is -0.147. The molecule has 1 aromatic carbocycles. The summed E-state index contributed by atoms with van der Waals surface area (Å²) in [5, 5.41) is 0. The minimum Gasteiger partial charge on any atom is -0.332 e. The molecule has 1 fully saturated rings. The van der Waals surface area contributed by atoms with Gasteiger partial charge in [0, 0.05) is 13.1 Å². The van der Waals surface area contributed by atoms with Gasteiger partial charge in [-0.1, -0.05) is 12.6 Å². The van der Waals surface area contributed by atoms with E-state index in [0.29, 0.717) is 13.1 Å². The largest absolute Gasteiger partial charge is 0.332 e. The van der Waals surface area contributed by atoms with E-state index in [4.69, 9.17) is 0 Å². The van der Waals surface area contributed by atoms with Crippen LogP contribution in [-0.4, -0.2) is 41.2 Å². The van der Waals surface area contributed by atoms with Gasteiger partial charge in [0.15, 0.2) is 0 Å². The van der Waals surface area contributed by atoms with Gasteiger partial charge in [-0.25, -0.2) is 4.39 Å². The Balaban J connectivity index is 1.98. The molecule has 2 aliphatic heterocycles. The van der Waals surface area contributed by atoms with Crippen molar-refractivity contribution < 1.29 is 14.0 Å². The van der Waals surface area contributed by atoms with Crippen LogP contribution in [0.15, 0.2) is 30.9 Å². The van der Waals surface area contributed by atoms with Crippen molar-refractivity contribution in [2.45, 2.75) is 12.5 Å². The highest BCUT2D eigenvalue weighted by atomic mass is 19.1. The minimum absolute atomic E-state index is 0.0754. The molecule has 1 unspecified atom stereocenters. The highest BCUT2D eigenvalue weighted by molar-refractivity contribution is 5.92. The van der Waals surface area contributed by atoms with Crippen LogP contribution in [0, 0.1) is 5.82 Å². The molecule has 0 saturated carbocycles. The van der Waals surface area contributed by atoms with Crippen molar-refractivity contribution in [1.29, 1.82) is 0 Å². The molecule has 0 bridgehead atoms. The number of piperazine rings is 1. The van der Waals surface area contributed by atoms with E-state index in [0.717, 1.165) is 17.5 Å². The third-order valence-corrected chi connectivity index (χ3v) is 3.99. The first-order chi connectivity index (χ1) is 9.60. The van der Waals surface area contributed by atoms with E-state index in [1.54, 1.807) is 11.0 Å². The zero-order valence-electron chi connectivity index (χ0n) is 11.0. The Morgan fingerprint density at radius 3 is 3.00 bits per heavy atom. The second-order valence-electron chi connectivity index (χ2n) is 5.12. The number of hydrogen-bond donors (Lipinski definition) is 0. The van der Waals surface area contributed by atoms with Gasteiger partial charge in [0.05, 0.1) is 6.04 Å². The Kier molecular flexibility index (Phi) is 3.04. The summed E-state index contributed by atoms with van der Waals surface area (Å²) in [7, 11) is 0. The quantitative estimate of drug-likeness (QED) is 0.724. The Labute approximate surface area is 116 Å². The summed E-state index contributed by atoms with van der Waals surface area (Å²) in [6.45, 7) is 4.54. The lowest BCUT2D eigenvalue weighted by atomic mass is 9.90. The molecular weight excluding hydrogens is 259 g/mol. The summed E-state index contributed by atoms with van der Waals surface area (Å²) in [4.78, 5) is 27.1. The fraction of sp³-hybridized carbons (Fsp3) is 0.333. The Morgan fingerprint density at radius 1 is 1.45 bits per heavy atom. The lowest BCUT2D eigenvalue weighted by Gasteiger charge is -2.44. The molecule has 0 aliphatic carbocycles. The van der Waals surface area contributed by atoms with Gasteiger partial charge in [-0.05, 0) is 35.8 Å². The molecule has 0 aromatic heterocycles. The van der Waals surface area contributed by atoms with E-state index in [2.05, 4.69) is 6.58 Å². The average molecular weight is 274 g/mol. The maximum absolute atomic E-state index is 13.5. The molecule has 20 heavy (non-hydrogen) atoms. The molecule has 1 atom stereocenters. The fourth-order valence-electron chi connectivity index (χ4n) is 2.99. The monoisotopic (exact) mass is 274 g/mol. The number of rotatable bonds is 1. The summed E-state index contributed by atoms with van der Waals surface area (Å²) in [5.74, 6) is -0.668. The fourth-order valence-corrected chi connectivity index (χ4v) is 2.99. The third kappa shape index (κ3) is 1.99. The highest BCUT2D eigenvalue weighted by Crippen LogP contribution is 2.33. The molecule has 0 spiro atoms. The lowest BCUT2D eigenvalue weighted by Crippen LogP contribution is -2.55. The summed E-state index contributed by atoms with van der Waals surface area (Å²) >= 11 is 0. The van der Waals surface area contributed by atoms with Crippen molar-refractivity contribution in [2.75, 3.05) is 19.6 Å². The zero-order valence-corrected chi connectivity index (χ0v) is 11.0. The van der Waals surface area contributed by atoms with Gasteiger partial charge in [0.2, 0.25) is 11.8 Å². The molecule has 5 heteroatoms.